The maximum Gasteiger partial charge on any atom is 0.223 e. The van der Waals surface area contributed by atoms with Gasteiger partial charge in [0.25, 0.3) is 0 Å². The largest absolute Gasteiger partial charge is 0.349 e. The zero-order valence-electron chi connectivity index (χ0n) is 20.1. The number of nitrogens with zero attached hydrogens (tertiary/aromatic N) is 2. The molecular weight excluding hydrogens is 481 g/mol. The summed E-state index contributed by atoms with van der Waals surface area (Å²) in [5, 5.41) is 4.02. The second-order valence-electron chi connectivity index (χ2n) is 10.4. The summed E-state index contributed by atoms with van der Waals surface area (Å²) in [6.07, 6.45) is 5.74. The fraction of sp³-hybridized carbons (Fsp3) is 0.500. The van der Waals surface area contributed by atoms with Gasteiger partial charge in [0.05, 0.1) is 6.04 Å². The van der Waals surface area contributed by atoms with Crippen LogP contribution in [0.1, 0.15) is 55.7 Å². The van der Waals surface area contributed by atoms with Crippen molar-refractivity contribution in [2.24, 2.45) is 11.3 Å². The zero-order chi connectivity index (χ0) is 23.5. The number of piperidine rings is 1. The summed E-state index contributed by atoms with van der Waals surface area (Å²) in [6.45, 7) is 4.51. The van der Waals surface area contributed by atoms with Crippen LogP contribution in [0, 0.1) is 11.3 Å². The molecule has 2 aliphatic heterocycles. The molecule has 5 rings (SSSR count). The molecule has 1 N–H and O–H groups in total. The van der Waals surface area contributed by atoms with E-state index < -0.39 is 0 Å². The minimum absolute atomic E-state index is 0. The Hall–Kier alpha value is -2.08. The van der Waals surface area contributed by atoms with Gasteiger partial charge in [0.15, 0.2) is 0 Å². The molecule has 3 aliphatic rings. The summed E-state index contributed by atoms with van der Waals surface area (Å²) in [7, 11) is 0. The Labute approximate surface area is 219 Å². The molecule has 0 radical (unpaired) electrons. The van der Waals surface area contributed by atoms with Gasteiger partial charge in [0.1, 0.15) is 0 Å². The lowest BCUT2D eigenvalue weighted by molar-refractivity contribution is -0.128. The van der Waals surface area contributed by atoms with E-state index in [0.717, 1.165) is 68.9 Å². The van der Waals surface area contributed by atoms with E-state index >= 15 is 0 Å². The van der Waals surface area contributed by atoms with Crippen LogP contribution in [0.4, 0.5) is 0 Å². The lowest BCUT2D eigenvalue weighted by Gasteiger charge is -2.39. The fourth-order valence-corrected chi connectivity index (χ4v) is 5.60. The molecule has 3 fully saturated rings. The van der Waals surface area contributed by atoms with Gasteiger partial charge in [-0.3, -0.25) is 9.59 Å². The molecule has 1 aliphatic carbocycles. The normalized spacial score (nSPS) is 20.5. The minimum atomic E-state index is 0. The summed E-state index contributed by atoms with van der Waals surface area (Å²) in [5.41, 5.74) is 2.43. The van der Waals surface area contributed by atoms with Gasteiger partial charge in [-0.25, -0.2) is 0 Å². The molecule has 2 aromatic carbocycles. The highest BCUT2D eigenvalue weighted by atomic mass is 35.5. The number of hydrogen-bond acceptors (Lipinski definition) is 3. The Kier molecular flexibility index (Phi) is 8.41. The van der Waals surface area contributed by atoms with Crippen LogP contribution in [0.5, 0.6) is 0 Å². The van der Waals surface area contributed by atoms with Crippen molar-refractivity contribution in [3.63, 3.8) is 0 Å². The first kappa shape index (κ1) is 26.0. The average molecular weight is 517 g/mol. The molecule has 1 atom stereocenters. The second kappa shape index (κ2) is 11.3. The van der Waals surface area contributed by atoms with Crippen molar-refractivity contribution in [2.45, 2.75) is 51.1 Å². The van der Waals surface area contributed by atoms with Crippen LogP contribution in [0.15, 0.2) is 54.6 Å². The molecule has 0 unspecified atom stereocenters. The number of hydrogen-bond donors (Lipinski definition) is 1. The number of nitrogens with one attached hydrogen (secondary N) is 1. The highest BCUT2D eigenvalue weighted by Gasteiger charge is 2.44. The van der Waals surface area contributed by atoms with Gasteiger partial charge < -0.3 is 15.1 Å². The Morgan fingerprint density at radius 3 is 2.40 bits per heavy atom. The van der Waals surface area contributed by atoms with Crippen molar-refractivity contribution in [2.75, 3.05) is 26.2 Å². The summed E-state index contributed by atoms with van der Waals surface area (Å²) in [4.78, 5) is 29.8. The first-order valence-corrected chi connectivity index (χ1v) is 13.0. The molecule has 0 bridgehead atoms. The minimum Gasteiger partial charge on any atom is -0.349 e. The molecule has 2 saturated heterocycles. The van der Waals surface area contributed by atoms with E-state index in [-0.39, 0.29) is 41.6 Å². The maximum absolute atomic E-state index is 12.8. The first-order valence-electron chi connectivity index (χ1n) is 12.6. The molecule has 35 heavy (non-hydrogen) atoms. The van der Waals surface area contributed by atoms with E-state index in [2.05, 4.69) is 22.3 Å². The third-order valence-corrected chi connectivity index (χ3v) is 8.06. The van der Waals surface area contributed by atoms with Crippen LogP contribution in [0.25, 0.3) is 0 Å². The third-order valence-electron chi connectivity index (χ3n) is 7.81. The van der Waals surface area contributed by atoms with Gasteiger partial charge in [-0.2, -0.15) is 0 Å². The smallest absolute Gasteiger partial charge is 0.223 e. The van der Waals surface area contributed by atoms with Gasteiger partial charge in [-0.15, -0.1) is 12.4 Å². The van der Waals surface area contributed by atoms with Crippen molar-refractivity contribution in [1.82, 2.24) is 15.1 Å². The van der Waals surface area contributed by atoms with E-state index in [1.807, 2.05) is 47.4 Å². The molecular formula is C28H35Cl2N3O2. The number of amides is 2. The molecule has 0 aromatic heterocycles. The predicted octanol–water partition coefficient (Wildman–Crippen LogP) is 5.23. The van der Waals surface area contributed by atoms with Crippen molar-refractivity contribution in [3.05, 3.63) is 70.7 Å². The average Bonchev–Trinajstić information content (AvgIpc) is 3.66. The number of carbonyl (C=O) groups excluding carboxylic acids is 2. The number of likely N-dealkylation sites (tertiary alicyclic amines) is 2. The van der Waals surface area contributed by atoms with E-state index in [0.29, 0.717) is 13.0 Å². The number of benzene rings is 2. The molecule has 2 heterocycles. The van der Waals surface area contributed by atoms with Gasteiger partial charge in [-0.05, 0) is 73.9 Å². The van der Waals surface area contributed by atoms with Gasteiger partial charge >= 0.3 is 0 Å². The third kappa shape index (κ3) is 6.58. The number of carbonyl (C=O) groups is 2. The molecule has 1 saturated carbocycles. The van der Waals surface area contributed by atoms with Crippen LogP contribution in [0.3, 0.4) is 0 Å². The molecule has 188 valence electrons. The van der Waals surface area contributed by atoms with Crippen molar-refractivity contribution >= 4 is 35.8 Å². The lowest BCUT2D eigenvalue weighted by atomic mass is 9.77. The maximum atomic E-state index is 12.8. The van der Waals surface area contributed by atoms with Crippen LogP contribution in [-0.4, -0.2) is 47.8 Å². The van der Waals surface area contributed by atoms with Gasteiger partial charge in [0.2, 0.25) is 11.8 Å². The Morgan fingerprint density at radius 2 is 1.74 bits per heavy atom. The van der Waals surface area contributed by atoms with E-state index in [4.69, 9.17) is 11.6 Å². The van der Waals surface area contributed by atoms with Crippen LogP contribution in [-0.2, 0) is 16.1 Å². The first-order chi connectivity index (χ1) is 16.5. The Morgan fingerprint density at radius 1 is 1.06 bits per heavy atom. The van der Waals surface area contributed by atoms with Crippen LogP contribution < -0.4 is 5.32 Å². The van der Waals surface area contributed by atoms with E-state index in [1.54, 1.807) is 0 Å². The van der Waals surface area contributed by atoms with E-state index in [9.17, 15) is 9.59 Å². The standard InChI is InChI=1S/C28H34ClN3O2.ClH/c29-24-10-6-21(7-11-24)19-32-20-28(18-26(32)33)13-16-31(17-14-28)15-12-25(22-4-2-1-3-5-22)30-27(34)23-8-9-23;/h1-7,10-11,23,25H,8-9,12-20H2,(H,30,34);1H/t25-;/m0./s1. The second-order valence-corrected chi connectivity index (χ2v) is 10.9. The molecule has 2 aromatic rings. The van der Waals surface area contributed by atoms with Gasteiger partial charge in [0, 0.05) is 37.0 Å². The topological polar surface area (TPSA) is 52.7 Å². The summed E-state index contributed by atoms with van der Waals surface area (Å²) in [6, 6.07) is 18.2. The SMILES string of the molecule is Cl.O=C(N[C@@H](CCN1CCC2(CC1)CC(=O)N(Cc1ccc(Cl)cc1)C2)c1ccccc1)C1CC1. The van der Waals surface area contributed by atoms with Gasteiger partial charge in [-0.1, -0.05) is 54.1 Å². The number of rotatable bonds is 8. The number of halogens is 2. The highest BCUT2D eigenvalue weighted by Crippen LogP contribution is 2.41. The lowest BCUT2D eigenvalue weighted by Crippen LogP contribution is -2.42. The summed E-state index contributed by atoms with van der Waals surface area (Å²) >= 11 is 6.00. The zero-order valence-corrected chi connectivity index (χ0v) is 21.7. The van der Waals surface area contributed by atoms with E-state index in [1.165, 1.54) is 5.56 Å². The van der Waals surface area contributed by atoms with Crippen LogP contribution >= 0.6 is 24.0 Å². The summed E-state index contributed by atoms with van der Waals surface area (Å²) in [5.74, 6) is 0.698. The summed E-state index contributed by atoms with van der Waals surface area (Å²) < 4.78 is 0. The van der Waals surface area contributed by atoms with Crippen molar-refractivity contribution in [1.29, 1.82) is 0 Å². The van der Waals surface area contributed by atoms with Crippen LogP contribution in [0.2, 0.25) is 5.02 Å². The Balaban J connectivity index is 0.00000289. The monoisotopic (exact) mass is 515 g/mol. The fourth-order valence-electron chi connectivity index (χ4n) is 5.48. The molecule has 7 heteroatoms. The predicted molar refractivity (Wildman–Crippen MR) is 142 cm³/mol. The Bertz CT molecular complexity index is 1000. The highest BCUT2D eigenvalue weighted by molar-refractivity contribution is 6.30. The molecule has 2 amide bonds. The quantitative estimate of drug-likeness (QED) is 0.523. The molecule has 1 spiro atoms. The van der Waals surface area contributed by atoms with Crippen molar-refractivity contribution in [3.8, 4) is 0 Å². The molecule has 5 nitrogen and oxygen atoms in total. The van der Waals surface area contributed by atoms with Crippen molar-refractivity contribution < 1.29 is 9.59 Å².